The van der Waals surface area contributed by atoms with Gasteiger partial charge in [-0.2, -0.15) is 5.10 Å². The van der Waals surface area contributed by atoms with Crippen molar-refractivity contribution in [2.24, 2.45) is 4.99 Å². The third-order valence-electron chi connectivity index (χ3n) is 4.73. The molecule has 1 amide bonds. The summed E-state index contributed by atoms with van der Waals surface area (Å²) in [4.78, 5) is 18.3. The van der Waals surface area contributed by atoms with Gasteiger partial charge in [0.15, 0.2) is 5.96 Å². The lowest BCUT2D eigenvalue weighted by atomic mass is 9.91. The highest BCUT2D eigenvalue weighted by atomic mass is 127. The fraction of sp³-hybridized carbons (Fsp3) is 0.348. The number of anilines is 1. The molecule has 2 heterocycles. The first kappa shape index (κ1) is 25.9. The molecule has 0 saturated carbocycles. The predicted molar refractivity (Wildman–Crippen MR) is 143 cm³/mol. The normalized spacial score (nSPS) is 11.5. The Labute approximate surface area is 210 Å². The minimum atomic E-state index is -0.116. The number of benzene rings is 1. The topological polar surface area (TPSA) is 83.3 Å². The number of guanidine groups is 1. The van der Waals surface area contributed by atoms with Gasteiger partial charge < -0.3 is 16.0 Å². The van der Waals surface area contributed by atoms with Crippen molar-refractivity contribution in [3.8, 4) is 0 Å². The molecular weight excluding hydrogens is 535 g/mol. The second-order valence-corrected chi connectivity index (χ2v) is 8.81. The van der Waals surface area contributed by atoms with Crippen LogP contribution in [0.4, 0.5) is 5.69 Å². The van der Waals surface area contributed by atoms with Crippen LogP contribution in [0.5, 0.6) is 0 Å². The van der Waals surface area contributed by atoms with Crippen molar-refractivity contribution in [2.75, 3.05) is 18.4 Å². The van der Waals surface area contributed by atoms with Crippen LogP contribution >= 0.6 is 35.3 Å². The lowest BCUT2D eigenvalue weighted by Crippen LogP contribution is -2.43. The highest BCUT2D eigenvalue weighted by Gasteiger charge is 2.21. The molecule has 0 aliphatic heterocycles. The third-order valence-corrected chi connectivity index (χ3v) is 5.96. The number of aromatic nitrogens is 2. The Balaban J connectivity index is 0.00000363. The van der Waals surface area contributed by atoms with E-state index in [1.165, 1.54) is 4.88 Å². The minimum absolute atomic E-state index is 0. The Bertz CT molecular complexity index is 986. The summed E-state index contributed by atoms with van der Waals surface area (Å²) in [5.41, 5.74) is 1.79. The molecule has 3 rings (SSSR count). The van der Waals surface area contributed by atoms with E-state index >= 15 is 0 Å². The number of aliphatic imine (C=N–C) groups is 1. The smallest absolute Gasteiger partial charge is 0.246 e. The number of halogens is 1. The summed E-state index contributed by atoms with van der Waals surface area (Å²) < 4.78 is 1.59. The zero-order chi connectivity index (χ0) is 22.1. The fourth-order valence-corrected chi connectivity index (χ4v) is 3.91. The molecule has 0 unspecified atom stereocenters. The maximum absolute atomic E-state index is 12.2. The Hall–Kier alpha value is -2.40. The van der Waals surface area contributed by atoms with Gasteiger partial charge in [-0.05, 0) is 42.1 Å². The second-order valence-electron chi connectivity index (χ2n) is 7.86. The zero-order valence-corrected chi connectivity index (χ0v) is 21.8. The highest BCUT2D eigenvalue weighted by molar-refractivity contribution is 14.0. The largest absolute Gasteiger partial charge is 0.357 e. The molecule has 32 heavy (non-hydrogen) atoms. The highest BCUT2D eigenvalue weighted by Crippen LogP contribution is 2.26. The van der Waals surface area contributed by atoms with E-state index in [2.05, 4.69) is 59.3 Å². The molecule has 1 aromatic carbocycles. The monoisotopic (exact) mass is 566 g/mol. The number of nitrogens with zero attached hydrogens (tertiary/aromatic N) is 3. The third kappa shape index (κ3) is 7.94. The van der Waals surface area contributed by atoms with Crippen LogP contribution in [0.1, 0.15) is 31.2 Å². The number of nitrogens with one attached hydrogen (secondary N) is 3. The van der Waals surface area contributed by atoms with Gasteiger partial charge in [-0.1, -0.05) is 32.0 Å². The van der Waals surface area contributed by atoms with Crippen LogP contribution < -0.4 is 16.0 Å². The number of rotatable bonds is 9. The molecule has 172 valence electrons. The van der Waals surface area contributed by atoms with E-state index in [0.717, 1.165) is 30.3 Å². The number of carbonyl (C=O) groups is 1. The lowest BCUT2D eigenvalue weighted by Gasteiger charge is -2.25. The van der Waals surface area contributed by atoms with E-state index in [0.29, 0.717) is 6.54 Å². The summed E-state index contributed by atoms with van der Waals surface area (Å²) in [5, 5.41) is 15.8. The Morgan fingerprint density at radius 2 is 2.03 bits per heavy atom. The molecule has 7 nitrogen and oxygen atoms in total. The van der Waals surface area contributed by atoms with Crippen LogP contribution in [0.15, 0.2) is 65.2 Å². The SMILES string of the molecule is CCNC(=NCc1cccc(NC(=O)Cn2cccn2)c1)NCC(C)(C)c1cccs1.I. The average molecular weight is 567 g/mol. The molecule has 0 radical (unpaired) electrons. The van der Waals surface area contributed by atoms with Crippen molar-refractivity contribution in [1.82, 2.24) is 20.4 Å². The van der Waals surface area contributed by atoms with Crippen molar-refractivity contribution in [3.05, 3.63) is 70.7 Å². The molecule has 0 fully saturated rings. The van der Waals surface area contributed by atoms with Gasteiger partial charge in [0.05, 0.1) is 6.54 Å². The molecule has 3 aromatic rings. The zero-order valence-electron chi connectivity index (χ0n) is 18.7. The van der Waals surface area contributed by atoms with E-state index in [1.807, 2.05) is 24.3 Å². The van der Waals surface area contributed by atoms with Crippen LogP contribution in [-0.4, -0.2) is 34.7 Å². The molecule has 0 saturated heterocycles. The van der Waals surface area contributed by atoms with Crippen molar-refractivity contribution in [3.63, 3.8) is 0 Å². The molecule has 0 bridgehead atoms. The van der Waals surface area contributed by atoms with E-state index in [4.69, 9.17) is 4.99 Å². The summed E-state index contributed by atoms with van der Waals surface area (Å²) >= 11 is 1.77. The summed E-state index contributed by atoms with van der Waals surface area (Å²) in [6, 6.07) is 13.8. The van der Waals surface area contributed by atoms with Gasteiger partial charge in [0.2, 0.25) is 5.91 Å². The number of hydrogen-bond acceptors (Lipinski definition) is 4. The van der Waals surface area contributed by atoms with Crippen molar-refractivity contribution >= 4 is 52.9 Å². The number of hydrogen-bond donors (Lipinski definition) is 3. The van der Waals surface area contributed by atoms with Gasteiger partial charge in [0.1, 0.15) is 6.54 Å². The van der Waals surface area contributed by atoms with Crippen LogP contribution in [0.3, 0.4) is 0 Å². The standard InChI is InChI=1S/C23H30N6OS.HI/c1-4-24-22(26-17-23(2,3)20-10-6-13-31-20)25-15-18-8-5-9-19(14-18)28-21(30)16-29-12-7-11-27-29;/h5-14H,4,15-17H2,1-3H3,(H,28,30)(H2,24,25,26);1H. The number of amides is 1. The first-order chi connectivity index (χ1) is 15.0. The molecule has 0 spiro atoms. The average Bonchev–Trinajstić information content (AvgIpc) is 3.45. The van der Waals surface area contributed by atoms with E-state index in [9.17, 15) is 4.79 Å². The molecule has 3 N–H and O–H groups in total. The van der Waals surface area contributed by atoms with Gasteiger partial charge >= 0.3 is 0 Å². The quantitative estimate of drug-likeness (QED) is 0.206. The van der Waals surface area contributed by atoms with Crippen LogP contribution in [0, 0.1) is 0 Å². The Kier molecular flexibility index (Phi) is 10.2. The number of thiophene rings is 1. The molecule has 0 aliphatic carbocycles. The maximum Gasteiger partial charge on any atom is 0.246 e. The minimum Gasteiger partial charge on any atom is -0.357 e. The fourth-order valence-electron chi connectivity index (χ4n) is 3.06. The van der Waals surface area contributed by atoms with Crippen LogP contribution in [0.2, 0.25) is 0 Å². The summed E-state index contributed by atoms with van der Waals surface area (Å²) in [6.07, 6.45) is 3.42. The van der Waals surface area contributed by atoms with Crippen LogP contribution in [-0.2, 0) is 23.3 Å². The maximum atomic E-state index is 12.2. The van der Waals surface area contributed by atoms with E-state index in [1.54, 1.807) is 34.5 Å². The van der Waals surface area contributed by atoms with Gasteiger partial charge in [-0.15, -0.1) is 35.3 Å². The second kappa shape index (κ2) is 12.6. The van der Waals surface area contributed by atoms with E-state index in [-0.39, 0.29) is 41.8 Å². The van der Waals surface area contributed by atoms with E-state index < -0.39 is 0 Å². The van der Waals surface area contributed by atoms with Crippen molar-refractivity contribution in [1.29, 1.82) is 0 Å². The first-order valence-electron chi connectivity index (χ1n) is 10.4. The van der Waals surface area contributed by atoms with Crippen molar-refractivity contribution < 1.29 is 4.79 Å². The predicted octanol–water partition coefficient (Wildman–Crippen LogP) is 4.23. The Morgan fingerprint density at radius 1 is 1.19 bits per heavy atom. The Morgan fingerprint density at radius 3 is 2.72 bits per heavy atom. The molecule has 0 atom stereocenters. The number of carbonyl (C=O) groups excluding carboxylic acids is 1. The molecule has 2 aromatic heterocycles. The molecule has 9 heteroatoms. The van der Waals surface area contributed by atoms with Gasteiger partial charge in [0.25, 0.3) is 0 Å². The van der Waals surface area contributed by atoms with Gasteiger partial charge in [0, 0.05) is 41.5 Å². The van der Waals surface area contributed by atoms with Crippen LogP contribution in [0.25, 0.3) is 0 Å². The van der Waals surface area contributed by atoms with Gasteiger partial charge in [-0.3, -0.25) is 9.48 Å². The molecular formula is C23H31IN6OS. The summed E-state index contributed by atoms with van der Waals surface area (Å²) in [7, 11) is 0. The van der Waals surface area contributed by atoms with Crippen molar-refractivity contribution in [2.45, 2.75) is 39.3 Å². The molecule has 0 aliphatic rings. The summed E-state index contributed by atoms with van der Waals surface area (Å²) in [5.74, 6) is 0.662. The van der Waals surface area contributed by atoms with Gasteiger partial charge in [-0.25, -0.2) is 4.99 Å². The lowest BCUT2D eigenvalue weighted by molar-refractivity contribution is -0.116. The first-order valence-corrected chi connectivity index (χ1v) is 11.3. The summed E-state index contributed by atoms with van der Waals surface area (Å²) in [6.45, 7) is 8.77.